The van der Waals surface area contributed by atoms with E-state index in [9.17, 15) is 13.5 Å². The summed E-state index contributed by atoms with van der Waals surface area (Å²) in [6.07, 6.45) is 0. The standard InChI is InChI=1S/C15H13ClN2O3S/c16-11-5-7-12(8-6-11)18(9-10-19)15-13-3-1-2-4-14(13)22(20,21)17-15/h1-8,19H,9-10H2. The number of sulfonamides is 1. The van der Waals surface area contributed by atoms with Crippen LogP contribution in [0.5, 0.6) is 0 Å². The quantitative estimate of drug-likeness (QED) is 0.933. The number of rotatable bonds is 3. The first kappa shape index (κ1) is 15.0. The summed E-state index contributed by atoms with van der Waals surface area (Å²) in [6, 6.07) is 13.6. The molecule has 0 aromatic heterocycles. The lowest BCUT2D eigenvalue weighted by Crippen LogP contribution is -2.33. The van der Waals surface area contributed by atoms with Gasteiger partial charge in [0.05, 0.1) is 6.61 Å². The number of hydrogen-bond acceptors (Lipinski definition) is 4. The molecule has 114 valence electrons. The summed E-state index contributed by atoms with van der Waals surface area (Å²) >= 11 is 5.89. The highest BCUT2D eigenvalue weighted by Crippen LogP contribution is 2.30. The lowest BCUT2D eigenvalue weighted by atomic mass is 10.1. The molecule has 0 atom stereocenters. The van der Waals surface area contributed by atoms with E-state index in [4.69, 9.17) is 11.6 Å². The number of anilines is 1. The van der Waals surface area contributed by atoms with E-state index >= 15 is 0 Å². The molecule has 1 N–H and O–H groups in total. The van der Waals surface area contributed by atoms with Crippen LogP contribution in [0.15, 0.2) is 57.8 Å². The molecule has 0 radical (unpaired) electrons. The number of nitrogens with zero attached hydrogens (tertiary/aromatic N) is 2. The van der Waals surface area contributed by atoms with Crippen LogP contribution in [0.25, 0.3) is 0 Å². The summed E-state index contributed by atoms with van der Waals surface area (Å²) in [5, 5.41) is 9.90. The number of fused-ring (bicyclic) bond motifs is 1. The molecule has 0 saturated heterocycles. The fourth-order valence-electron chi connectivity index (χ4n) is 2.36. The minimum absolute atomic E-state index is 0.135. The molecule has 0 fully saturated rings. The number of aliphatic hydroxyl groups excluding tert-OH is 1. The zero-order valence-corrected chi connectivity index (χ0v) is 13.0. The van der Waals surface area contributed by atoms with Crippen LogP contribution in [-0.4, -0.2) is 32.5 Å². The van der Waals surface area contributed by atoms with Crippen LogP contribution in [0.2, 0.25) is 5.02 Å². The fraction of sp³-hybridized carbons (Fsp3) is 0.133. The molecular weight excluding hydrogens is 324 g/mol. The van der Waals surface area contributed by atoms with Crippen molar-refractivity contribution >= 4 is 33.1 Å². The Kier molecular flexibility index (Phi) is 3.90. The van der Waals surface area contributed by atoms with Gasteiger partial charge in [-0.25, -0.2) is 0 Å². The molecule has 3 rings (SSSR count). The maximum Gasteiger partial charge on any atom is 0.285 e. The molecule has 0 aliphatic carbocycles. The second-order valence-electron chi connectivity index (χ2n) is 4.74. The van der Waals surface area contributed by atoms with Crippen molar-refractivity contribution in [1.29, 1.82) is 0 Å². The van der Waals surface area contributed by atoms with Crippen molar-refractivity contribution in [2.45, 2.75) is 4.90 Å². The normalized spacial score (nSPS) is 15.3. The fourth-order valence-corrected chi connectivity index (χ4v) is 3.70. The molecule has 7 heteroatoms. The summed E-state index contributed by atoms with van der Waals surface area (Å²) in [5.74, 6) is 0.312. The minimum Gasteiger partial charge on any atom is -0.395 e. The highest BCUT2D eigenvalue weighted by atomic mass is 35.5. The Morgan fingerprint density at radius 3 is 2.45 bits per heavy atom. The van der Waals surface area contributed by atoms with Crippen molar-refractivity contribution in [3.05, 3.63) is 59.1 Å². The van der Waals surface area contributed by atoms with E-state index in [1.807, 2.05) is 0 Å². The molecule has 0 saturated carbocycles. The molecule has 5 nitrogen and oxygen atoms in total. The van der Waals surface area contributed by atoms with Crippen LogP contribution in [-0.2, 0) is 10.0 Å². The number of halogens is 1. The van der Waals surface area contributed by atoms with Gasteiger partial charge in [0.25, 0.3) is 10.0 Å². The molecule has 1 aliphatic heterocycles. The van der Waals surface area contributed by atoms with E-state index < -0.39 is 10.0 Å². The first-order chi connectivity index (χ1) is 10.5. The molecule has 0 unspecified atom stereocenters. The molecule has 2 aromatic carbocycles. The van der Waals surface area contributed by atoms with Crippen LogP contribution in [0.1, 0.15) is 5.56 Å². The number of benzene rings is 2. The molecule has 1 aliphatic rings. The van der Waals surface area contributed by atoms with Crippen LogP contribution in [0, 0.1) is 0 Å². The third kappa shape index (κ3) is 2.61. The molecule has 2 aromatic rings. The van der Waals surface area contributed by atoms with E-state index in [2.05, 4.69) is 4.40 Å². The van der Waals surface area contributed by atoms with Crippen molar-refractivity contribution in [3.8, 4) is 0 Å². The van der Waals surface area contributed by atoms with Gasteiger partial charge < -0.3 is 10.0 Å². The molecule has 22 heavy (non-hydrogen) atoms. The Morgan fingerprint density at radius 2 is 1.77 bits per heavy atom. The van der Waals surface area contributed by atoms with Gasteiger partial charge in [-0.3, -0.25) is 0 Å². The molecule has 0 spiro atoms. The minimum atomic E-state index is -3.70. The summed E-state index contributed by atoms with van der Waals surface area (Å²) in [7, 11) is -3.70. The second-order valence-corrected chi connectivity index (χ2v) is 6.75. The number of amidine groups is 1. The van der Waals surface area contributed by atoms with Crippen molar-refractivity contribution in [2.24, 2.45) is 4.40 Å². The van der Waals surface area contributed by atoms with Crippen LogP contribution >= 0.6 is 11.6 Å². The van der Waals surface area contributed by atoms with Gasteiger partial charge in [-0.15, -0.1) is 4.40 Å². The summed E-state index contributed by atoms with van der Waals surface area (Å²) < 4.78 is 28.2. The van der Waals surface area contributed by atoms with E-state index in [0.717, 1.165) is 0 Å². The Balaban J connectivity index is 2.12. The lowest BCUT2D eigenvalue weighted by Gasteiger charge is -2.23. The van der Waals surface area contributed by atoms with Crippen molar-refractivity contribution in [1.82, 2.24) is 0 Å². The number of aliphatic hydroxyl groups is 1. The predicted octanol–water partition coefficient (Wildman–Crippen LogP) is 2.29. The Labute approximate surface area is 133 Å². The third-order valence-electron chi connectivity index (χ3n) is 3.33. The maximum absolute atomic E-state index is 12.2. The van der Waals surface area contributed by atoms with Gasteiger partial charge in [0.1, 0.15) is 4.90 Å². The van der Waals surface area contributed by atoms with E-state index in [1.165, 1.54) is 6.07 Å². The molecule has 1 heterocycles. The van der Waals surface area contributed by atoms with Crippen molar-refractivity contribution < 1.29 is 13.5 Å². The summed E-state index contributed by atoms with van der Waals surface area (Å²) in [4.78, 5) is 1.85. The summed E-state index contributed by atoms with van der Waals surface area (Å²) in [5.41, 5.74) is 1.25. The Morgan fingerprint density at radius 1 is 1.09 bits per heavy atom. The van der Waals surface area contributed by atoms with Crippen LogP contribution < -0.4 is 4.90 Å². The third-order valence-corrected chi connectivity index (χ3v) is 4.91. The topological polar surface area (TPSA) is 70.0 Å². The molecular formula is C15H13ClN2O3S. The van der Waals surface area contributed by atoms with E-state index in [-0.39, 0.29) is 18.0 Å². The van der Waals surface area contributed by atoms with Crippen LogP contribution in [0.4, 0.5) is 5.69 Å². The van der Waals surface area contributed by atoms with Gasteiger partial charge in [-0.1, -0.05) is 23.7 Å². The summed E-state index contributed by atoms with van der Waals surface area (Å²) in [6.45, 7) is 0.0914. The first-order valence-corrected chi connectivity index (χ1v) is 8.43. The lowest BCUT2D eigenvalue weighted by molar-refractivity contribution is 0.306. The molecule has 0 bridgehead atoms. The predicted molar refractivity (Wildman–Crippen MR) is 86.0 cm³/mol. The zero-order valence-electron chi connectivity index (χ0n) is 11.5. The largest absolute Gasteiger partial charge is 0.395 e. The van der Waals surface area contributed by atoms with Gasteiger partial charge >= 0.3 is 0 Å². The SMILES string of the molecule is O=S1(=O)N=C(N(CCO)c2ccc(Cl)cc2)c2ccccc21. The highest BCUT2D eigenvalue weighted by molar-refractivity contribution is 7.90. The highest BCUT2D eigenvalue weighted by Gasteiger charge is 2.31. The van der Waals surface area contributed by atoms with Crippen LogP contribution in [0.3, 0.4) is 0 Å². The first-order valence-electron chi connectivity index (χ1n) is 6.61. The average Bonchev–Trinajstić information content (AvgIpc) is 2.78. The molecule has 0 amide bonds. The zero-order chi connectivity index (χ0) is 15.7. The van der Waals surface area contributed by atoms with E-state index in [0.29, 0.717) is 22.1 Å². The van der Waals surface area contributed by atoms with Gasteiger partial charge in [0.2, 0.25) is 0 Å². The van der Waals surface area contributed by atoms with Gasteiger partial charge in [-0.2, -0.15) is 8.42 Å². The van der Waals surface area contributed by atoms with E-state index in [1.54, 1.807) is 47.4 Å². The average molecular weight is 337 g/mol. The Hall–Kier alpha value is -1.89. The maximum atomic E-state index is 12.2. The number of hydrogen-bond donors (Lipinski definition) is 1. The smallest absolute Gasteiger partial charge is 0.285 e. The van der Waals surface area contributed by atoms with Crippen molar-refractivity contribution in [2.75, 3.05) is 18.1 Å². The van der Waals surface area contributed by atoms with Gasteiger partial charge in [0.15, 0.2) is 5.84 Å². The van der Waals surface area contributed by atoms with Gasteiger partial charge in [-0.05, 0) is 36.4 Å². The monoisotopic (exact) mass is 336 g/mol. The second kappa shape index (κ2) is 5.72. The van der Waals surface area contributed by atoms with Gasteiger partial charge in [0, 0.05) is 22.8 Å². The van der Waals surface area contributed by atoms with Crippen molar-refractivity contribution in [3.63, 3.8) is 0 Å². The Bertz CT molecular complexity index is 832.